The summed E-state index contributed by atoms with van der Waals surface area (Å²) in [6.45, 7) is 7.32. The molecule has 29 heavy (non-hydrogen) atoms. The average Bonchev–Trinajstić information content (AvgIpc) is 2.65. The van der Waals surface area contributed by atoms with E-state index < -0.39 is 11.9 Å². The maximum Gasteiger partial charge on any atom is 0.434 e. The van der Waals surface area contributed by atoms with Crippen molar-refractivity contribution in [3.63, 3.8) is 0 Å². The zero-order chi connectivity index (χ0) is 20.8. The van der Waals surface area contributed by atoms with E-state index in [2.05, 4.69) is 21.9 Å². The number of alkyl halides is 3. The molecule has 0 bridgehead atoms. The van der Waals surface area contributed by atoms with Gasteiger partial charge in [-0.15, -0.1) is 0 Å². The van der Waals surface area contributed by atoms with Crippen LogP contribution in [0.1, 0.15) is 19.5 Å². The Labute approximate surface area is 166 Å². The summed E-state index contributed by atoms with van der Waals surface area (Å²) in [5.74, 6) is 1.35. The minimum absolute atomic E-state index is 0.0220. The summed E-state index contributed by atoms with van der Waals surface area (Å²) in [7, 11) is 0. The maximum atomic E-state index is 13.6. The summed E-state index contributed by atoms with van der Waals surface area (Å²) in [5, 5.41) is 0. The van der Waals surface area contributed by atoms with Gasteiger partial charge in [0, 0.05) is 31.3 Å². The summed E-state index contributed by atoms with van der Waals surface area (Å²) in [6, 6.07) is 4.30. The highest BCUT2D eigenvalue weighted by Crippen LogP contribution is 2.37. The largest absolute Gasteiger partial charge is 0.434 e. The highest BCUT2D eigenvalue weighted by atomic mass is 19.4. The zero-order valence-corrected chi connectivity index (χ0v) is 16.3. The van der Waals surface area contributed by atoms with Gasteiger partial charge in [0.15, 0.2) is 5.69 Å². The van der Waals surface area contributed by atoms with Crippen molar-refractivity contribution in [2.24, 2.45) is 5.92 Å². The first-order valence-electron chi connectivity index (χ1n) is 9.55. The minimum Gasteiger partial charge on any atom is -0.384 e. The van der Waals surface area contributed by atoms with Crippen molar-refractivity contribution in [2.45, 2.75) is 26.1 Å². The van der Waals surface area contributed by atoms with Gasteiger partial charge in [0.25, 0.3) is 0 Å². The molecule has 10 heteroatoms. The molecule has 0 aliphatic carbocycles. The SMILES string of the molecule is CC1CN(c2cc(-c3ccc(N)nc3C(F)(F)F)nc(N3CCOC[C@H]3C)n2)C1. The van der Waals surface area contributed by atoms with E-state index in [0.717, 1.165) is 13.1 Å². The van der Waals surface area contributed by atoms with Crippen LogP contribution in [0, 0.1) is 5.92 Å². The summed E-state index contributed by atoms with van der Waals surface area (Å²) in [5.41, 5.74) is 4.55. The highest BCUT2D eigenvalue weighted by Gasteiger charge is 2.37. The molecule has 0 saturated carbocycles. The molecule has 2 aliphatic heterocycles. The number of aromatic nitrogens is 3. The van der Waals surface area contributed by atoms with Crippen LogP contribution in [0.2, 0.25) is 0 Å². The van der Waals surface area contributed by atoms with Crippen LogP contribution in [-0.2, 0) is 10.9 Å². The standard InChI is InChI=1S/C19H23F3N6O/c1-11-8-27(9-11)16-7-14(13-3-4-15(23)25-17(13)19(20,21)22)24-18(26-16)28-5-6-29-10-12(28)2/h3-4,7,11-12H,5-6,8-10H2,1-2H3,(H2,23,25)/t12-/m1/s1. The van der Waals surface area contributed by atoms with E-state index in [9.17, 15) is 13.2 Å². The minimum atomic E-state index is -4.65. The summed E-state index contributed by atoms with van der Waals surface area (Å²) >= 11 is 0. The predicted octanol–water partition coefficient (Wildman–Crippen LogP) is 2.82. The first-order valence-corrected chi connectivity index (χ1v) is 9.55. The topological polar surface area (TPSA) is 80.4 Å². The van der Waals surface area contributed by atoms with Crippen LogP contribution in [0.5, 0.6) is 0 Å². The van der Waals surface area contributed by atoms with Crippen LogP contribution < -0.4 is 15.5 Å². The average molecular weight is 408 g/mol. The third-order valence-corrected chi connectivity index (χ3v) is 5.17. The fraction of sp³-hybridized carbons (Fsp3) is 0.526. The Morgan fingerprint density at radius 3 is 2.55 bits per heavy atom. The zero-order valence-electron chi connectivity index (χ0n) is 16.3. The molecule has 0 aromatic carbocycles. The Kier molecular flexibility index (Phi) is 4.97. The number of hydrogen-bond donors (Lipinski definition) is 1. The van der Waals surface area contributed by atoms with Gasteiger partial charge in [0.1, 0.15) is 11.6 Å². The van der Waals surface area contributed by atoms with Crippen molar-refractivity contribution in [3.8, 4) is 11.3 Å². The Morgan fingerprint density at radius 1 is 1.14 bits per heavy atom. The van der Waals surface area contributed by atoms with Crippen molar-refractivity contribution < 1.29 is 17.9 Å². The second-order valence-corrected chi connectivity index (χ2v) is 7.67. The van der Waals surface area contributed by atoms with Crippen LogP contribution in [0.15, 0.2) is 18.2 Å². The van der Waals surface area contributed by atoms with Gasteiger partial charge in [-0.05, 0) is 25.0 Å². The van der Waals surface area contributed by atoms with Crippen molar-refractivity contribution in [1.29, 1.82) is 0 Å². The molecular weight excluding hydrogens is 385 g/mol. The van der Waals surface area contributed by atoms with Crippen LogP contribution in [-0.4, -0.2) is 53.8 Å². The number of morpholine rings is 1. The molecule has 0 unspecified atom stereocenters. The number of hydrogen-bond acceptors (Lipinski definition) is 7. The Hall–Kier alpha value is -2.62. The fourth-order valence-electron chi connectivity index (χ4n) is 3.66. The van der Waals surface area contributed by atoms with E-state index >= 15 is 0 Å². The van der Waals surface area contributed by atoms with Crippen LogP contribution >= 0.6 is 0 Å². The van der Waals surface area contributed by atoms with Crippen LogP contribution in [0.3, 0.4) is 0 Å². The van der Waals surface area contributed by atoms with Crippen molar-refractivity contribution in [3.05, 3.63) is 23.9 Å². The summed E-state index contributed by atoms with van der Waals surface area (Å²) < 4.78 is 46.3. The molecule has 0 amide bonds. The van der Waals surface area contributed by atoms with Gasteiger partial charge in [-0.3, -0.25) is 0 Å². The van der Waals surface area contributed by atoms with Gasteiger partial charge in [-0.2, -0.15) is 18.2 Å². The Bertz CT molecular complexity index is 900. The Balaban J connectivity index is 1.83. The molecule has 2 N–H and O–H groups in total. The molecular formula is C19H23F3N6O. The molecule has 7 nitrogen and oxygen atoms in total. The first-order chi connectivity index (χ1) is 13.7. The molecule has 1 atom stereocenters. The number of anilines is 3. The lowest BCUT2D eigenvalue weighted by molar-refractivity contribution is -0.140. The first kappa shape index (κ1) is 19.7. The molecule has 4 heterocycles. The van der Waals surface area contributed by atoms with Gasteiger partial charge in [0.2, 0.25) is 5.95 Å². The maximum absolute atomic E-state index is 13.6. The third kappa shape index (κ3) is 3.93. The van der Waals surface area contributed by atoms with Gasteiger partial charge >= 0.3 is 6.18 Å². The Morgan fingerprint density at radius 2 is 1.90 bits per heavy atom. The normalized spacial score (nSPS) is 20.7. The number of pyridine rings is 1. The highest BCUT2D eigenvalue weighted by molar-refractivity contribution is 5.69. The van der Waals surface area contributed by atoms with Crippen LogP contribution in [0.4, 0.5) is 30.8 Å². The smallest absolute Gasteiger partial charge is 0.384 e. The third-order valence-electron chi connectivity index (χ3n) is 5.17. The second kappa shape index (κ2) is 7.33. The lowest BCUT2D eigenvalue weighted by Gasteiger charge is -2.39. The second-order valence-electron chi connectivity index (χ2n) is 7.67. The van der Waals surface area contributed by atoms with Gasteiger partial charge in [-0.25, -0.2) is 9.97 Å². The summed E-state index contributed by atoms with van der Waals surface area (Å²) in [4.78, 5) is 16.7. The number of nitrogens with zero attached hydrogens (tertiary/aromatic N) is 5. The molecule has 2 saturated heterocycles. The van der Waals surface area contributed by atoms with Crippen molar-refractivity contribution in [1.82, 2.24) is 15.0 Å². The number of rotatable bonds is 3. The van der Waals surface area contributed by atoms with Crippen molar-refractivity contribution >= 4 is 17.6 Å². The van der Waals surface area contributed by atoms with E-state index in [1.165, 1.54) is 12.1 Å². The molecule has 2 aromatic heterocycles. The number of ether oxygens (including phenoxy) is 1. The quantitative estimate of drug-likeness (QED) is 0.837. The van der Waals surface area contributed by atoms with Gasteiger partial charge in [-0.1, -0.05) is 6.92 Å². The molecule has 156 valence electrons. The molecule has 4 rings (SSSR count). The molecule has 0 radical (unpaired) electrons. The summed E-state index contributed by atoms with van der Waals surface area (Å²) in [6.07, 6.45) is -4.65. The molecule has 2 fully saturated rings. The number of nitrogens with two attached hydrogens (primary N) is 1. The van der Waals surface area contributed by atoms with Crippen LogP contribution in [0.25, 0.3) is 11.3 Å². The van der Waals surface area contributed by atoms with Gasteiger partial charge in [0.05, 0.1) is 24.9 Å². The van der Waals surface area contributed by atoms with E-state index in [1.54, 1.807) is 6.07 Å². The molecule has 0 spiro atoms. The molecule has 2 aromatic rings. The lowest BCUT2D eigenvalue weighted by atomic mass is 10.0. The predicted molar refractivity (Wildman–Crippen MR) is 104 cm³/mol. The lowest BCUT2D eigenvalue weighted by Crippen LogP contribution is -2.47. The molecule has 2 aliphatic rings. The van der Waals surface area contributed by atoms with E-state index in [0.29, 0.717) is 37.4 Å². The number of halogens is 3. The number of nitrogen functional groups attached to an aromatic ring is 1. The van der Waals surface area contributed by atoms with Crippen molar-refractivity contribution in [2.75, 3.05) is 48.4 Å². The van der Waals surface area contributed by atoms with E-state index in [4.69, 9.17) is 10.5 Å². The fourth-order valence-corrected chi connectivity index (χ4v) is 3.66. The monoisotopic (exact) mass is 408 g/mol. The van der Waals surface area contributed by atoms with E-state index in [1.807, 2.05) is 16.7 Å². The van der Waals surface area contributed by atoms with Gasteiger partial charge < -0.3 is 20.3 Å². The van der Waals surface area contributed by atoms with E-state index in [-0.39, 0.29) is 23.1 Å².